The van der Waals surface area contributed by atoms with Crippen LogP contribution in [0.4, 0.5) is 0 Å². The third kappa shape index (κ3) is 1.38. The van der Waals surface area contributed by atoms with E-state index in [0.29, 0.717) is 13.0 Å². The molecule has 0 spiro atoms. The van der Waals surface area contributed by atoms with E-state index in [1.54, 1.807) is 0 Å². The van der Waals surface area contributed by atoms with E-state index in [2.05, 4.69) is 5.32 Å². The molecule has 3 nitrogen and oxygen atoms in total. The zero-order valence-electron chi connectivity index (χ0n) is 7.05. The number of rotatable bonds is 1. The molecule has 1 unspecified atom stereocenters. The molecular weight excluding hydrogens is 142 g/mol. The highest BCUT2D eigenvalue weighted by Crippen LogP contribution is 2.25. The Morgan fingerprint density at radius 2 is 2.27 bits per heavy atom. The minimum atomic E-state index is -1.11. The predicted octanol–water partition coefficient (Wildman–Crippen LogP) is 0.283. The summed E-state index contributed by atoms with van der Waals surface area (Å²) in [5.74, 6) is -0.207. The van der Waals surface area contributed by atoms with Crippen molar-refractivity contribution in [2.24, 2.45) is 5.92 Å². The van der Waals surface area contributed by atoms with Crippen LogP contribution in [0.5, 0.6) is 0 Å². The molecule has 0 aromatic carbocycles. The number of piperidine rings is 1. The maximum absolute atomic E-state index is 11.2. The number of hydrogen-bond donors (Lipinski definition) is 2. The van der Waals surface area contributed by atoms with Crippen molar-refractivity contribution < 1.29 is 9.90 Å². The molecule has 2 N–H and O–H groups in total. The van der Waals surface area contributed by atoms with Crippen molar-refractivity contribution in [2.75, 3.05) is 6.54 Å². The van der Waals surface area contributed by atoms with Crippen LogP contribution in [-0.4, -0.2) is 23.2 Å². The van der Waals surface area contributed by atoms with Crippen molar-refractivity contribution in [2.45, 2.75) is 32.3 Å². The smallest absolute Gasteiger partial charge is 0.252 e. The lowest BCUT2D eigenvalue weighted by Gasteiger charge is -2.34. The van der Waals surface area contributed by atoms with Crippen LogP contribution in [0.15, 0.2) is 0 Å². The van der Waals surface area contributed by atoms with Crippen molar-refractivity contribution >= 4 is 5.91 Å². The van der Waals surface area contributed by atoms with E-state index < -0.39 is 5.60 Å². The zero-order valence-corrected chi connectivity index (χ0v) is 7.05. The van der Waals surface area contributed by atoms with E-state index in [1.807, 2.05) is 13.8 Å². The minimum Gasteiger partial charge on any atom is -0.380 e. The molecule has 1 heterocycles. The number of aliphatic hydroxyl groups is 1. The van der Waals surface area contributed by atoms with Gasteiger partial charge in [0.25, 0.3) is 5.91 Å². The summed E-state index contributed by atoms with van der Waals surface area (Å²) in [5, 5.41) is 12.5. The van der Waals surface area contributed by atoms with Gasteiger partial charge in [0.15, 0.2) is 0 Å². The molecule has 3 heteroatoms. The topological polar surface area (TPSA) is 49.3 Å². The Morgan fingerprint density at radius 3 is 2.64 bits per heavy atom. The zero-order chi connectivity index (χ0) is 8.48. The fourth-order valence-electron chi connectivity index (χ4n) is 1.38. The minimum absolute atomic E-state index is 0.00259. The van der Waals surface area contributed by atoms with Crippen molar-refractivity contribution in [1.82, 2.24) is 5.32 Å². The van der Waals surface area contributed by atoms with Crippen LogP contribution in [0.1, 0.15) is 26.7 Å². The monoisotopic (exact) mass is 157 g/mol. The average molecular weight is 157 g/mol. The highest BCUT2D eigenvalue weighted by molar-refractivity contribution is 5.85. The Hall–Kier alpha value is -0.570. The molecule has 0 bridgehead atoms. The Labute approximate surface area is 66.8 Å². The molecule has 0 aliphatic carbocycles. The fourth-order valence-corrected chi connectivity index (χ4v) is 1.38. The van der Waals surface area contributed by atoms with E-state index in [1.165, 1.54) is 0 Å². The molecule has 1 aliphatic rings. The first kappa shape index (κ1) is 8.53. The van der Waals surface area contributed by atoms with Crippen molar-refractivity contribution in [1.29, 1.82) is 0 Å². The molecule has 1 fully saturated rings. The second kappa shape index (κ2) is 2.81. The van der Waals surface area contributed by atoms with Crippen LogP contribution in [0.2, 0.25) is 0 Å². The second-order valence-corrected chi connectivity index (χ2v) is 3.44. The van der Waals surface area contributed by atoms with Crippen LogP contribution in [0.25, 0.3) is 0 Å². The van der Waals surface area contributed by atoms with Crippen molar-refractivity contribution in [3.8, 4) is 0 Å². The first-order chi connectivity index (χ1) is 5.07. The Kier molecular flexibility index (Phi) is 2.18. The number of carbonyl (C=O) groups is 1. The second-order valence-electron chi connectivity index (χ2n) is 3.44. The van der Waals surface area contributed by atoms with Crippen LogP contribution in [0, 0.1) is 5.92 Å². The highest BCUT2D eigenvalue weighted by Gasteiger charge is 2.40. The van der Waals surface area contributed by atoms with E-state index in [-0.39, 0.29) is 11.8 Å². The van der Waals surface area contributed by atoms with Gasteiger partial charge < -0.3 is 10.4 Å². The van der Waals surface area contributed by atoms with Crippen LogP contribution in [-0.2, 0) is 4.79 Å². The van der Waals surface area contributed by atoms with Gasteiger partial charge >= 0.3 is 0 Å². The summed E-state index contributed by atoms with van der Waals surface area (Å²) in [6.07, 6.45) is 1.47. The van der Waals surface area contributed by atoms with E-state index >= 15 is 0 Å². The molecule has 0 aromatic heterocycles. The largest absolute Gasteiger partial charge is 0.380 e. The highest BCUT2D eigenvalue weighted by atomic mass is 16.3. The summed E-state index contributed by atoms with van der Waals surface area (Å²) < 4.78 is 0. The summed E-state index contributed by atoms with van der Waals surface area (Å²) in [6.45, 7) is 4.43. The first-order valence-electron chi connectivity index (χ1n) is 4.08. The van der Waals surface area contributed by atoms with Crippen molar-refractivity contribution in [3.63, 3.8) is 0 Å². The van der Waals surface area contributed by atoms with E-state index in [9.17, 15) is 9.90 Å². The van der Waals surface area contributed by atoms with Gasteiger partial charge in [0.05, 0.1) is 0 Å². The standard InChI is InChI=1S/C8H15NO2/c1-6(2)8(11)4-3-5-9-7(8)10/h6,11H,3-5H2,1-2H3,(H,9,10). The maximum Gasteiger partial charge on any atom is 0.252 e. The van der Waals surface area contributed by atoms with Gasteiger partial charge in [-0.15, -0.1) is 0 Å². The van der Waals surface area contributed by atoms with Gasteiger partial charge in [0.1, 0.15) is 5.60 Å². The van der Waals surface area contributed by atoms with Gasteiger partial charge in [0.2, 0.25) is 0 Å². The lowest BCUT2D eigenvalue weighted by Crippen LogP contribution is -2.54. The molecule has 1 saturated heterocycles. The van der Waals surface area contributed by atoms with Gasteiger partial charge in [-0.1, -0.05) is 13.8 Å². The molecule has 11 heavy (non-hydrogen) atoms. The molecular formula is C8H15NO2. The number of carbonyl (C=O) groups excluding carboxylic acids is 1. The molecule has 1 rings (SSSR count). The molecule has 1 amide bonds. The SMILES string of the molecule is CC(C)C1(O)CCCNC1=O. The summed E-state index contributed by atoms with van der Waals surface area (Å²) in [4.78, 5) is 11.2. The van der Waals surface area contributed by atoms with Gasteiger partial charge in [-0.2, -0.15) is 0 Å². The third-order valence-electron chi connectivity index (χ3n) is 2.37. The number of amides is 1. The van der Waals surface area contributed by atoms with Crippen LogP contribution in [0.3, 0.4) is 0 Å². The summed E-state index contributed by atoms with van der Waals surface area (Å²) in [6, 6.07) is 0. The molecule has 0 radical (unpaired) electrons. The van der Waals surface area contributed by atoms with Crippen LogP contribution < -0.4 is 5.32 Å². The summed E-state index contributed by atoms with van der Waals surface area (Å²) in [7, 11) is 0. The van der Waals surface area contributed by atoms with Gasteiger partial charge in [-0.3, -0.25) is 4.79 Å². The Morgan fingerprint density at radius 1 is 1.64 bits per heavy atom. The summed E-state index contributed by atoms with van der Waals surface area (Å²) >= 11 is 0. The Balaban J connectivity index is 2.73. The predicted molar refractivity (Wildman–Crippen MR) is 42.0 cm³/mol. The molecule has 64 valence electrons. The van der Waals surface area contributed by atoms with Gasteiger partial charge in [0, 0.05) is 6.54 Å². The number of hydrogen-bond acceptors (Lipinski definition) is 2. The van der Waals surface area contributed by atoms with E-state index in [4.69, 9.17) is 0 Å². The molecule has 0 aromatic rings. The maximum atomic E-state index is 11.2. The first-order valence-corrected chi connectivity index (χ1v) is 4.08. The van der Waals surface area contributed by atoms with Crippen molar-refractivity contribution in [3.05, 3.63) is 0 Å². The quantitative estimate of drug-likeness (QED) is 0.574. The summed E-state index contributed by atoms with van der Waals surface area (Å²) in [5.41, 5.74) is -1.11. The lowest BCUT2D eigenvalue weighted by atomic mass is 9.83. The molecule has 0 saturated carbocycles. The van der Waals surface area contributed by atoms with Gasteiger partial charge in [-0.05, 0) is 18.8 Å². The van der Waals surface area contributed by atoms with Gasteiger partial charge in [-0.25, -0.2) is 0 Å². The normalized spacial score (nSPS) is 32.2. The molecule has 1 aliphatic heterocycles. The van der Waals surface area contributed by atoms with E-state index in [0.717, 1.165) is 6.42 Å². The fraction of sp³-hybridized carbons (Fsp3) is 0.875. The Bertz CT molecular complexity index is 167. The molecule has 1 atom stereocenters. The number of nitrogens with one attached hydrogen (secondary N) is 1. The lowest BCUT2D eigenvalue weighted by molar-refractivity contribution is -0.148. The van der Waals surface area contributed by atoms with Crippen LogP contribution >= 0.6 is 0 Å². The third-order valence-corrected chi connectivity index (χ3v) is 2.37. The average Bonchev–Trinajstić information content (AvgIpc) is 1.95.